The van der Waals surface area contributed by atoms with Crippen molar-refractivity contribution in [1.29, 1.82) is 0 Å². The molecule has 1 aliphatic carbocycles. The zero-order chi connectivity index (χ0) is 20.4. The lowest BCUT2D eigenvalue weighted by molar-refractivity contribution is -0.117. The second-order valence-corrected chi connectivity index (χ2v) is 8.89. The molecule has 4 rings (SSSR count). The Bertz CT molecular complexity index is 892. The molecule has 29 heavy (non-hydrogen) atoms. The number of carbonyl (C=O) groups excluding carboxylic acids is 2. The normalized spacial score (nSPS) is 19.6. The minimum atomic E-state index is -0.455. The summed E-state index contributed by atoms with van der Waals surface area (Å²) in [6, 6.07) is 1.80. The number of anilines is 2. The van der Waals surface area contributed by atoms with E-state index in [0.29, 0.717) is 23.0 Å². The van der Waals surface area contributed by atoms with E-state index in [1.54, 1.807) is 18.5 Å². The first-order chi connectivity index (χ1) is 14.0. The Labute approximate surface area is 174 Å². The number of hydrogen-bond acceptors (Lipinski definition) is 7. The van der Waals surface area contributed by atoms with Gasteiger partial charge in [0, 0.05) is 43.4 Å². The van der Waals surface area contributed by atoms with E-state index in [0.717, 1.165) is 57.0 Å². The van der Waals surface area contributed by atoms with Crippen molar-refractivity contribution in [1.82, 2.24) is 14.9 Å². The largest absolute Gasteiger partial charge is 0.365 e. The molecule has 1 fully saturated rings. The van der Waals surface area contributed by atoms with Gasteiger partial charge in [-0.05, 0) is 36.8 Å². The molecule has 0 radical (unpaired) electrons. The van der Waals surface area contributed by atoms with Crippen molar-refractivity contribution in [2.75, 3.05) is 42.9 Å². The maximum Gasteiger partial charge on any atom is 0.251 e. The van der Waals surface area contributed by atoms with Crippen LogP contribution in [-0.4, -0.2) is 59.4 Å². The van der Waals surface area contributed by atoms with Crippen molar-refractivity contribution in [2.24, 2.45) is 11.7 Å². The van der Waals surface area contributed by atoms with Gasteiger partial charge in [0.1, 0.15) is 5.00 Å². The van der Waals surface area contributed by atoms with Crippen LogP contribution in [0.25, 0.3) is 0 Å². The number of nitrogens with two attached hydrogens (primary N) is 1. The zero-order valence-electron chi connectivity index (χ0n) is 16.6. The van der Waals surface area contributed by atoms with E-state index in [1.165, 1.54) is 16.2 Å². The summed E-state index contributed by atoms with van der Waals surface area (Å²) < 4.78 is 0. The topological polar surface area (TPSA) is 104 Å². The van der Waals surface area contributed by atoms with Crippen LogP contribution in [0.3, 0.4) is 0 Å². The van der Waals surface area contributed by atoms with Crippen molar-refractivity contribution in [2.45, 2.75) is 26.2 Å². The quantitative estimate of drug-likeness (QED) is 0.769. The minimum absolute atomic E-state index is 0.108. The lowest BCUT2D eigenvalue weighted by Crippen LogP contribution is -2.49. The number of primary amides is 1. The maximum atomic E-state index is 12.6. The smallest absolute Gasteiger partial charge is 0.251 e. The Hall–Kier alpha value is -2.52. The highest BCUT2D eigenvalue weighted by Crippen LogP contribution is 2.39. The molecule has 0 saturated carbocycles. The summed E-state index contributed by atoms with van der Waals surface area (Å²) in [4.78, 5) is 38.6. The fourth-order valence-corrected chi connectivity index (χ4v) is 5.46. The van der Waals surface area contributed by atoms with Gasteiger partial charge in [0.05, 0.1) is 12.1 Å². The van der Waals surface area contributed by atoms with Gasteiger partial charge in [-0.1, -0.05) is 6.92 Å². The number of nitrogens with one attached hydrogen (secondary N) is 1. The predicted octanol–water partition coefficient (Wildman–Crippen LogP) is 1.52. The molecule has 0 bridgehead atoms. The zero-order valence-corrected chi connectivity index (χ0v) is 17.4. The number of carbonyl (C=O) groups is 2. The average molecular weight is 415 g/mol. The van der Waals surface area contributed by atoms with Crippen LogP contribution in [-0.2, 0) is 17.6 Å². The van der Waals surface area contributed by atoms with Gasteiger partial charge in [0.2, 0.25) is 11.9 Å². The molecule has 1 aliphatic heterocycles. The third-order valence-electron chi connectivity index (χ3n) is 5.59. The summed E-state index contributed by atoms with van der Waals surface area (Å²) >= 11 is 1.51. The number of nitrogens with zero attached hydrogens (tertiary/aromatic N) is 4. The molecule has 2 amide bonds. The summed E-state index contributed by atoms with van der Waals surface area (Å²) in [7, 11) is 0. The summed E-state index contributed by atoms with van der Waals surface area (Å²) in [6.45, 7) is 5.56. The van der Waals surface area contributed by atoms with Gasteiger partial charge in [-0.25, -0.2) is 9.97 Å². The number of aromatic nitrogens is 2. The van der Waals surface area contributed by atoms with E-state index in [9.17, 15) is 9.59 Å². The molecule has 3 heterocycles. The average Bonchev–Trinajstić information content (AvgIpc) is 3.06. The van der Waals surface area contributed by atoms with Crippen molar-refractivity contribution < 1.29 is 9.59 Å². The lowest BCUT2D eigenvalue weighted by Gasteiger charge is -2.34. The molecule has 8 nitrogen and oxygen atoms in total. The number of piperazine rings is 1. The van der Waals surface area contributed by atoms with Crippen LogP contribution in [0.2, 0.25) is 0 Å². The molecule has 154 valence electrons. The third-order valence-corrected chi connectivity index (χ3v) is 6.76. The Kier molecular flexibility index (Phi) is 5.77. The molecule has 2 aliphatic rings. The fraction of sp³-hybridized carbons (Fsp3) is 0.500. The molecule has 2 aromatic rings. The van der Waals surface area contributed by atoms with Crippen LogP contribution in [0.4, 0.5) is 10.9 Å². The first-order valence-corrected chi connectivity index (χ1v) is 10.8. The number of fused-ring (bicyclic) bond motifs is 1. The summed E-state index contributed by atoms with van der Waals surface area (Å²) in [5, 5.41) is 3.56. The van der Waals surface area contributed by atoms with Gasteiger partial charge in [0.15, 0.2) is 0 Å². The van der Waals surface area contributed by atoms with E-state index in [2.05, 4.69) is 32.0 Å². The van der Waals surface area contributed by atoms with Gasteiger partial charge in [-0.3, -0.25) is 14.5 Å². The molecule has 0 spiro atoms. The molecule has 1 saturated heterocycles. The molecule has 2 aromatic heterocycles. The Balaban J connectivity index is 1.36. The summed E-state index contributed by atoms with van der Waals surface area (Å²) in [6.07, 6.45) is 6.32. The Morgan fingerprint density at radius 1 is 1.24 bits per heavy atom. The van der Waals surface area contributed by atoms with Gasteiger partial charge in [-0.2, -0.15) is 0 Å². The molecule has 0 aromatic carbocycles. The van der Waals surface area contributed by atoms with Gasteiger partial charge in [0.25, 0.3) is 5.91 Å². The van der Waals surface area contributed by atoms with Gasteiger partial charge < -0.3 is 16.0 Å². The highest BCUT2D eigenvalue weighted by atomic mass is 32.1. The summed E-state index contributed by atoms with van der Waals surface area (Å²) in [5.74, 6) is 0.754. The van der Waals surface area contributed by atoms with Crippen LogP contribution in [0.5, 0.6) is 0 Å². The number of amides is 2. The summed E-state index contributed by atoms with van der Waals surface area (Å²) in [5.41, 5.74) is 7.18. The monoisotopic (exact) mass is 414 g/mol. The standard InChI is InChI=1S/C20H26N6O2S/c1-13-3-4-14-15(11-13)29-19(17(14)18(21)28)24-16(27)12-25-7-9-26(10-8-25)20-22-5-2-6-23-20/h2,5-6,13H,3-4,7-12H2,1H3,(H2,21,28)(H,24,27). The molecule has 9 heteroatoms. The second-order valence-electron chi connectivity index (χ2n) is 7.78. The van der Waals surface area contributed by atoms with E-state index in [-0.39, 0.29) is 5.91 Å². The van der Waals surface area contributed by atoms with Crippen molar-refractivity contribution in [3.63, 3.8) is 0 Å². The minimum Gasteiger partial charge on any atom is -0.365 e. The van der Waals surface area contributed by atoms with Crippen LogP contribution in [0.1, 0.15) is 34.1 Å². The number of rotatable bonds is 5. The van der Waals surface area contributed by atoms with Crippen molar-refractivity contribution >= 4 is 34.1 Å². The second kappa shape index (κ2) is 8.46. The highest BCUT2D eigenvalue weighted by molar-refractivity contribution is 7.17. The number of thiophene rings is 1. The van der Waals surface area contributed by atoms with Gasteiger partial charge in [-0.15, -0.1) is 11.3 Å². The maximum absolute atomic E-state index is 12.6. The van der Waals surface area contributed by atoms with Crippen molar-refractivity contribution in [3.8, 4) is 0 Å². The first kappa shape index (κ1) is 19.8. The molecular formula is C20H26N6O2S. The molecule has 1 atom stereocenters. The van der Waals surface area contributed by atoms with E-state index < -0.39 is 5.91 Å². The molecule has 3 N–H and O–H groups in total. The number of hydrogen-bond donors (Lipinski definition) is 2. The predicted molar refractivity (Wildman–Crippen MR) is 113 cm³/mol. The third kappa shape index (κ3) is 4.40. The van der Waals surface area contributed by atoms with E-state index in [1.807, 2.05) is 0 Å². The van der Waals surface area contributed by atoms with Crippen LogP contribution < -0.4 is 16.0 Å². The van der Waals surface area contributed by atoms with Crippen molar-refractivity contribution in [3.05, 3.63) is 34.5 Å². The molecule has 1 unspecified atom stereocenters. The SMILES string of the molecule is CC1CCc2c(sc(NC(=O)CN3CCN(c4ncccn4)CC3)c2C(N)=O)C1. The fourth-order valence-electron chi connectivity index (χ4n) is 4.03. The Morgan fingerprint density at radius 3 is 2.66 bits per heavy atom. The van der Waals surface area contributed by atoms with Gasteiger partial charge >= 0.3 is 0 Å². The van der Waals surface area contributed by atoms with Crippen LogP contribution >= 0.6 is 11.3 Å². The highest BCUT2D eigenvalue weighted by Gasteiger charge is 2.28. The van der Waals surface area contributed by atoms with E-state index in [4.69, 9.17) is 5.73 Å². The molecular weight excluding hydrogens is 388 g/mol. The van der Waals surface area contributed by atoms with Crippen LogP contribution in [0.15, 0.2) is 18.5 Å². The Morgan fingerprint density at radius 2 is 1.97 bits per heavy atom. The first-order valence-electron chi connectivity index (χ1n) is 9.99. The van der Waals surface area contributed by atoms with Crippen LogP contribution in [0, 0.1) is 5.92 Å². The van der Waals surface area contributed by atoms with E-state index >= 15 is 0 Å². The lowest BCUT2D eigenvalue weighted by atomic mass is 9.88.